The van der Waals surface area contributed by atoms with E-state index in [9.17, 15) is 14.7 Å². The zero-order valence-corrected chi connectivity index (χ0v) is 12.4. The van der Waals surface area contributed by atoms with Crippen LogP contribution in [0.15, 0.2) is 35.5 Å². The van der Waals surface area contributed by atoms with Gasteiger partial charge in [-0.1, -0.05) is 26.8 Å². The molecule has 0 saturated carbocycles. The smallest absolute Gasteiger partial charge is 0.328 e. The average Bonchev–Trinajstić information content (AvgIpc) is 2.30. The van der Waals surface area contributed by atoms with Crippen LogP contribution in [0.3, 0.4) is 0 Å². The van der Waals surface area contributed by atoms with Crippen LogP contribution in [0.25, 0.3) is 0 Å². The van der Waals surface area contributed by atoms with Gasteiger partial charge in [0.05, 0.1) is 0 Å². The summed E-state index contributed by atoms with van der Waals surface area (Å²) in [6, 6.07) is 0. The number of aliphatic carboxylic acids is 1. The highest BCUT2D eigenvalue weighted by Crippen LogP contribution is 2.44. The Morgan fingerprint density at radius 2 is 2.05 bits per heavy atom. The fourth-order valence-corrected chi connectivity index (χ4v) is 2.52. The highest BCUT2D eigenvalue weighted by Gasteiger charge is 2.46. The van der Waals surface area contributed by atoms with E-state index in [2.05, 4.69) is 0 Å². The van der Waals surface area contributed by atoms with Gasteiger partial charge >= 0.3 is 5.97 Å². The predicted octanol–water partition coefficient (Wildman–Crippen LogP) is 2.64. The van der Waals surface area contributed by atoms with Crippen LogP contribution >= 0.6 is 0 Å². The lowest BCUT2D eigenvalue weighted by Gasteiger charge is -2.44. The first-order chi connectivity index (χ1) is 9.12. The van der Waals surface area contributed by atoms with Crippen LogP contribution in [-0.2, 0) is 9.59 Å². The van der Waals surface area contributed by atoms with Crippen LogP contribution < -0.4 is 0 Å². The molecule has 0 bridgehead atoms. The van der Waals surface area contributed by atoms with Crippen molar-refractivity contribution in [2.75, 3.05) is 0 Å². The molecule has 110 valence electrons. The van der Waals surface area contributed by atoms with Crippen LogP contribution in [0, 0.1) is 5.41 Å². The molecule has 0 heterocycles. The number of hydrogen-bond acceptors (Lipinski definition) is 3. The summed E-state index contributed by atoms with van der Waals surface area (Å²) < 4.78 is 0. The molecule has 1 aliphatic rings. The van der Waals surface area contributed by atoms with Crippen molar-refractivity contribution in [3.63, 3.8) is 0 Å². The van der Waals surface area contributed by atoms with Crippen molar-refractivity contribution in [2.24, 2.45) is 5.41 Å². The molecule has 4 nitrogen and oxygen atoms in total. The predicted molar refractivity (Wildman–Crippen MR) is 77.3 cm³/mol. The number of rotatable bonds is 4. The Balaban J connectivity index is 3.18. The van der Waals surface area contributed by atoms with Crippen molar-refractivity contribution in [3.8, 4) is 0 Å². The Kier molecular flexibility index (Phi) is 4.71. The van der Waals surface area contributed by atoms with E-state index < -0.39 is 17.0 Å². The Morgan fingerprint density at radius 1 is 1.45 bits per heavy atom. The molecule has 0 radical (unpaired) electrons. The minimum absolute atomic E-state index is 0.00219. The number of carboxylic acid groups (broad SMARTS) is 1. The quantitative estimate of drug-likeness (QED) is 0.612. The second-order valence-electron chi connectivity index (χ2n) is 5.87. The van der Waals surface area contributed by atoms with Crippen LogP contribution in [-0.4, -0.2) is 27.6 Å². The number of ketones is 1. The number of aliphatic hydroxyl groups is 1. The Morgan fingerprint density at radius 3 is 2.50 bits per heavy atom. The molecular formula is C16H22O4. The summed E-state index contributed by atoms with van der Waals surface area (Å²) in [5, 5.41) is 19.7. The number of allylic oxidation sites excluding steroid dienone is 3. The molecule has 1 unspecified atom stereocenters. The zero-order chi connectivity index (χ0) is 15.6. The van der Waals surface area contributed by atoms with Gasteiger partial charge in [-0.15, -0.1) is 0 Å². The third kappa shape index (κ3) is 3.25. The Bertz CT molecular complexity index is 509. The van der Waals surface area contributed by atoms with Gasteiger partial charge < -0.3 is 10.2 Å². The second kappa shape index (κ2) is 5.75. The molecule has 0 aromatic heterocycles. The third-order valence-corrected chi connectivity index (χ3v) is 3.88. The van der Waals surface area contributed by atoms with Gasteiger partial charge in [0.1, 0.15) is 5.60 Å². The summed E-state index contributed by atoms with van der Waals surface area (Å²) in [7, 11) is 0. The lowest BCUT2D eigenvalue weighted by molar-refractivity contribution is -0.131. The minimum Gasteiger partial charge on any atom is -0.478 e. The highest BCUT2D eigenvalue weighted by molar-refractivity contribution is 5.92. The van der Waals surface area contributed by atoms with Gasteiger partial charge in [0.25, 0.3) is 0 Å². The first kappa shape index (κ1) is 16.4. The fraction of sp³-hybridized carbons (Fsp3) is 0.500. The maximum absolute atomic E-state index is 11.6. The number of carbonyl (C=O) groups is 2. The molecule has 2 N–H and O–H groups in total. The lowest BCUT2D eigenvalue weighted by atomic mass is 9.64. The lowest BCUT2D eigenvalue weighted by Crippen LogP contribution is -2.48. The van der Waals surface area contributed by atoms with Gasteiger partial charge in [-0.25, -0.2) is 4.79 Å². The summed E-state index contributed by atoms with van der Waals surface area (Å²) in [6.07, 6.45) is 6.63. The molecule has 0 amide bonds. The Hall–Kier alpha value is -1.68. The van der Waals surface area contributed by atoms with Crippen LogP contribution in [0.1, 0.15) is 40.5 Å². The number of carbonyl (C=O) groups excluding carboxylic acids is 1. The largest absolute Gasteiger partial charge is 0.478 e. The average molecular weight is 278 g/mol. The molecule has 1 atom stereocenters. The van der Waals surface area contributed by atoms with E-state index in [1.54, 1.807) is 19.1 Å². The molecule has 20 heavy (non-hydrogen) atoms. The highest BCUT2D eigenvalue weighted by atomic mass is 16.4. The Labute approximate surface area is 119 Å². The maximum Gasteiger partial charge on any atom is 0.328 e. The van der Waals surface area contributed by atoms with E-state index in [0.29, 0.717) is 17.6 Å². The number of carboxylic acids is 1. The standard InChI is InChI=1S/C16H22O4/c1-5-12(9-14(18)19)6-7-16(20)11(2)8-13(17)10-15(16,3)4/h6-9,20H,5,10H2,1-4H3,(H,18,19). The van der Waals surface area contributed by atoms with E-state index in [4.69, 9.17) is 5.11 Å². The maximum atomic E-state index is 11.6. The summed E-state index contributed by atoms with van der Waals surface area (Å²) in [5.74, 6) is -1.01. The molecule has 1 aliphatic carbocycles. The second-order valence-corrected chi connectivity index (χ2v) is 5.87. The van der Waals surface area contributed by atoms with Crippen molar-refractivity contribution in [2.45, 2.75) is 46.1 Å². The summed E-state index contributed by atoms with van der Waals surface area (Å²) in [4.78, 5) is 22.3. The van der Waals surface area contributed by atoms with Crippen LogP contribution in [0.4, 0.5) is 0 Å². The SMILES string of the molecule is CCC(C=CC1(O)C(C)=CC(=O)CC1(C)C)=CC(=O)O. The summed E-state index contributed by atoms with van der Waals surface area (Å²) >= 11 is 0. The molecular weight excluding hydrogens is 256 g/mol. The van der Waals surface area contributed by atoms with E-state index >= 15 is 0 Å². The van der Waals surface area contributed by atoms with Gasteiger partial charge in [-0.2, -0.15) is 0 Å². The fourth-order valence-electron chi connectivity index (χ4n) is 2.52. The van der Waals surface area contributed by atoms with Crippen molar-refractivity contribution < 1.29 is 19.8 Å². The van der Waals surface area contributed by atoms with E-state index in [0.717, 1.165) is 6.08 Å². The molecule has 4 heteroatoms. The molecule has 0 saturated heterocycles. The van der Waals surface area contributed by atoms with Crippen molar-refractivity contribution in [3.05, 3.63) is 35.5 Å². The molecule has 0 fully saturated rings. The molecule has 1 rings (SSSR count). The van der Waals surface area contributed by atoms with Crippen molar-refractivity contribution in [1.82, 2.24) is 0 Å². The van der Waals surface area contributed by atoms with Gasteiger partial charge in [0.2, 0.25) is 0 Å². The molecule has 0 aromatic rings. The summed E-state index contributed by atoms with van der Waals surface area (Å²) in [6.45, 7) is 7.23. The van der Waals surface area contributed by atoms with E-state index in [1.807, 2.05) is 20.8 Å². The summed E-state index contributed by atoms with van der Waals surface area (Å²) in [5.41, 5.74) is -0.665. The van der Waals surface area contributed by atoms with Gasteiger partial charge in [-0.3, -0.25) is 4.79 Å². The molecule has 0 aliphatic heterocycles. The van der Waals surface area contributed by atoms with Gasteiger partial charge in [-0.05, 0) is 36.6 Å². The zero-order valence-electron chi connectivity index (χ0n) is 12.4. The van der Waals surface area contributed by atoms with E-state index in [1.165, 1.54) is 6.08 Å². The normalized spacial score (nSPS) is 26.8. The molecule has 0 aromatic carbocycles. The van der Waals surface area contributed by atoms with Gasteiger partial charge in [0, 0.05) is 17.9 Å². The minimum atomic E-state index is -1.24. The topological polar surface area (TPSA) is 74.6 Å². The van der Waals surface area contributed by atoms with Crippen LogP contribution in [0.5, 0.6) is 0 Å². The number of hydrogen-bond donors (Lipinski definition) is 2. The van der Waals surface area contributed by atoms with Crippen molar-refractivity contribution in [1.29, 1.82) is 0 Å². The van der Waals surface area contributed by atoms with Crippen molar-refractivity contribution >= 4 is 11.8 Å². The van der Waals surface area contributed by atoms with Crippen LogP contribution in [0.2, 0.25) is 0 Å². The monoisotopic (exact) mass is 278 g/mol. The van der Waals surface area contributed by atoms with E-state index in [-0.39, 0.29) is 12.2 Å². The first-order valence-corrected chi connectivity index (χ1v) is 6.69. The molecule has 0 spiro atoms. The van der Waals surface area contributed by atoms with Gasteiger partial charge in [0.15, 0.2) is 5.78 Å². The third-order valence-electron chi connectivity index (χ3n) is 3.88. The first-order valence-electron chi connectivity index (χ1n) is 6.69.